The van der Waals surface area contributed by atoms with Gasteiger partial charge in [-0.2, -0.15) is 0 Å². The normalized spacial score (nSPS) is 24.0. The predicted molar refractivity (Wildman–Crippen MR) is 80.5 cm³/mol. The Morgan fingerprint density at radius 2 is 2.15 bits per heavy atom. The average molecular weight is 318 g/mol. The zero-order valence-corrected chi connectivity index (χ0v) is 13.3. The molecule has 0 bridgehead atoms. The first-order chi connectivity index (χ1) is 9.41. The first-order valence-corrected chi connectivity index (χ1v) is 8.53. The number of ether oxygens (including phenoxy) is 1. The van der Waals surface area contributed by atoms with E-state index in [1.807, 2.05) is 24.3 Å². The lowest BCUT2D eigenvalue weighted by Gasteiger charge is -2.33. The van der Waals surface area contributed by atoms with Gasteiger partial charge in [-0.05, 0) is 30.5 Å². The smallest absolute Gasteiger partial charge is 0.216 e. The summed E-state index contributed by atoms with van der Waals surface area (Å²) in [6.45, 7) is 0.980. The summed E-state index contributed by atoms with van der Waals surface area (Å²) < 4.78 is 31.6. The van der Waals surface area contributed by atoms with Crippen molar-refractivity contribution in [1.29, 1.82) is 0 Å². The molecular weight excluding hydrogens is 298 g/mol. The van der Waals surface area contributed by atoms with Crippen molar-refractivity contribution in [2.24, 2.45) is 5.92 Å². The van der Waals surface area contributed by atoms with Crippen molar-refractivity contribution < 1.29 is 13.2 Å². The molecule has 1 heterocycles. The Labute approximate surface area is 125 Å². The van der Waals surface area contributed by atoms with Crippen LogP contribution in [0.15, 0.2) is 24.3 Å². The van der Waals surface area contributed by atoms with Crippen molar-refractivity contribution >= 4 is 21.6 Å². The molecule has 0 amide bonds. The van der Waals surface area contributed by atoms with E-state index in [-0.39, 0.29) is 11.2 Å². The highest BCUT2D eigenvalue weighted by atomic mass is 35.5. The van der Waals surface area contributed by atoms with Crippen LogP contribution in [-0.4, -0.2) is 45.3 Å². The van der Waals surface area contributed by atoms with Crippen molar-refractivity contribution in [1.82, 2.24) is 4.31 Å². The van der Waals surface area contributed by atoms with Gasteiger partial charge in [0.25, 0.3) is 0 Å². The minimum Gasteiger partial charge on any atom is -0.381 e. The minimum absolute atomic E-state index is 0.0328. The van der Waals surface area contributed by atoms with Crippen LogP contribution in [0.3, 0.4) is 0 Å². The second-order valence-electron chi connectivity index (χ2n) is 5.32. The summed E-state index contributed by atoms with van der Waals surface area (Å²) in [5.41, 5.74) is 1.05. The molecule has 4 nitrogen and oxygen atoms in total. The summed E-state index contributed by atoms with van der Waals surface area (Å²) in [5.74, 6) is -0.0328. The molecule has 0 unspecified atom stereocenters. The van der Waals surface area contributed by atoms with Gasteiger partial charge < -0.3 is 4.74 Å². The fourth-order valence-electron chi connectivity index (χ4n) is 2.60. The van der Waals surface area contributed by atoms with E-state index >= 15 is 0 Å². The summed E-state index contributed by atoms with van der Waals surface area (Å²) in [7, 11) is -0.0899. The molecule has 1 fully saturated rings. The molecule has 20 heavy (non-hydrogen) atoms. The largest absolute Gasteiger partial charge is 0.381 e. The molecule has 1 aliphatic rings. The van der Waals surface area contributed by atoms with E-state index < -0.39 is 10.0 Å². The van der Waals surface area contributed by atoms with E-state index in [9.17, 15) is 8.42 Å². The molecule has 0 spiro atoms. The van der Waals surface area contributed by atoms with E-state index in [0.29, 0.717) is 31.1 Å². The second-order valence-corrected chi connectivity index (χ2v) is 8.13. The first-order valence-electron chi connectivity index (χ1n) is 6.65. The molecular formula is C14H20ClNO3S. The van der Waals surface area contributed by atoms with Crippen LogP contribution in [0.4, 0.5) is 0 Å². The van der Waals surface area contributed by atoms with Crippen LogP contribution in [0, 0.1) is 5.92 Å². The maximum Gasteiger partial charge on any atom is 0.216 e. The summed E-state index contributed by atoms with van der Waals surface area (Å²) >= 11 is 5.98. The quantitative estimate of drug-likeness (QED) is 0.855. The highest BCUT2D eigenvalue weighted by molar-refractivity contribution is 7.89. The lowest BCUT2D eigenvalue weighted by atomic mass is 9.94. The lowest BCUT2D eigenvalue weighted by molar-refractivity contribution is 0.0563. The van der Waals surface area contributed by atoms with Gasteiger partial charge in [-0.3, -0.25) is 0 Å². The molecule has 0 saturated carbocycles. The fraction of sp³-hybridized carbons (Fsp3) is 0.571. The van der Waals surface area contributed by atoms with Gasteiger partial charge in [-0.1, -0.05) is 23.7 Å². The van der Waals surface area contributed by atoms with Crippen LogP contribution in [0.2, 0.25) is 5.02 Å². The van der Waals surface area contributed by atoms with Gasteiger partial charge in [0.1, 0.15) is 0 Å². The third-order valence-electron chi connectivity index (χ3n) is 3.68. The molecule has 0 radical (unpaired) electrons. The maximum atomic E-state index is 12.4. The Bertz CT molecular complexity index is 559. The van der Waals surface area contributed by atoms with Gasteiger partial charge >= 0.3 is 0 Å². The number of nitrogens with zero attached hydrogens (tertiary/aromatic N) is 1. The fourth-order valence-corrected chi connectivity index (χ4v) is 4.41. The molecule has 0 N–H and O–H groups in total. The molecule has 112 valence electrons. The number of rotatable bonds is 4. The van der Waals surface area contributed by atoms with Crippen molar-refractivity contribution in [2.75, 3.05) is 27.3 Å². The van der Waals surface area contributed by atoms with Gasteiger partial charge in [0.15, 0.2) is 0 Å². The molecule has 1 aliphatic heterocycles. The van der Waals surface area contributed by atoms with Crippen molar-refractivity contribution in [3.63, 3.8) is 0 Å². The minimum atomic E-state index is -3.26. The highest BCUT2D eigenvalue weighted by Gasteiger charge is 2.37. The summed E-state index contributed by atoms with van der Waals surface area (Å²) in [4.78, 5) is 0. The molecule has 1 aromatic carbocycles. The highest BCUT2D eigenvalue weighted by Crippen LogP contribution is 2.27. The van der Waals surface area contributed by atoms with Crippen LogP contribution in [-0.2, 0) is 21.2 Å². The van der Waals surface area contributed by atoms with E-state index in [1.165, 1.54) is 4.31 Å². The Kier molecular flexibility index (Phi) is 5.07. The third-order valence-corrected chi connectivity index (χ3v) is 6.32. The Morgan fingerprint density at radius 1 is 1.40 bits per heavy atom. The number of halogens is 1. The van der Waals surface area contributed by atoms with Crippen LogP contribution >= 0.6 is 11.6 Å². The summed E-state index contributed by atoms with van der Waals surface area (Å²) in [6, 6.07) is 7.56. The maximum absolute atomic E-state index is 12.4. The molecule has 6 heteroatoms. The van der Waals surface area contributed by atoms with Crippen molar-refractivity contribution in [3.8, 4) is 0 Å². The number of sulfonamides is 1. The summed E-state index contributed by atoms with van der Waals surface area (Å²) in [6.07, 6.45) is 1.21. The topological polar surface area (TPSA) is 46.6 Å². The molecule has 2 atom stereocenters. The Morgan fingerprint density at radius 3 is 2.80 bits per heavy atom. The van der Waals surface area contributed by atoms with E-state index in [4.69, 9.17) is 16.3 Å². The third kappa shape index (κ3) is 3.52. The standard InChI is InChI=1S/C14H20ClNO3S/c1-16(2)20(17,18)14-6-7-19-10-12(14)8-11-4-3-5-13(15)9-11/h3-5,9,12,14H,6-8,10H2,1-2H3/t12-,14+/m0/s1. The molecule has 0 aromatic heterocycles. The van der Waals surface area contributed by atoms with Gasteiger partial charge in [0.05, 0.1) is 11.9 Å². The number of hydrogen-bond acceptors (Lipinski definition) is 3. The summed E-state index contributed by atoms with van der Waals surface area (Å²) in [5, 5.41) is 0.288. The van der Waals surface area contributed by atoms with Crippen molar-refractivity contribution in [3.05, 3.63) is 34.9 Å². The SMILES string of the molecule is CN(C)S(=O)(=O)[C@@H]1CCOC[C@@H]1Cc1cccc(Cl)c1. The van der Waals surface area contributed by atoms with Gasteiger partial charge in [-0.25, -0.2) is 12.7 Å². The van der Waals surface area contributed by atoms with Crippen LogP contribution in [0.5, 0.6) is 0 Å². The average Bonchev–Trinajstić information content (AvgIpc) is 2.39. The zero-order valence-electron chi connectivity index (χ0n) is 11.8. The van der Waals surface area contributed by atoms with E-state index in [1.54, 1.807) is 14.1 Å². The number of benzene rings is 1. The van der Waals surface area contributed by atoms with Crippen LogP contribution in [0.1, 0.15) is 12.0 Å². The van der Waals surface area contributed by atoms with Crippen molar-refractivity contribution in [2.45, 2.75) is 18.1 Å². The monoisotopic (exact) mass is 317 g/mol. The molecule has 1 saturated heterocycles. The zero-order chi connectivity index (χ0) is 14.8. The van der Waals surface area contributed by atoms with E-state index in [2.05, 4.69) is 0 Å². The Balaban J connectivity index is 2.20. The van der Waals surface area contributed by atoms with Gasteiger partial charge in [0.2, 0.25) is 10.0 Å². The van der Waals surface area contributed by atoms with Gasteiger partial charge in [-0.15, -0.1) is 0 Å². The lowest BCUT2D eigenvalue weighted by Crippen LogP contribution is -2.44. The predicted octanol–water partition coefficient (Wildman–Crippen LogP) is 2.18. The van der Waals surface area contributed by atoms with Gasteiger partial charge in [0, 0.05) is 31.6 Å². The first kappa shape index (κ1) is 15.8. The molecule has 0 aliphatic carbocycles. The second kappa shape index (κ2) is 6.43. The number of hydrogen-bond donors (Lipinski definition) is 0. The molecule has 1 aromatic rings. The van der Waals surface area contributed by atoms with Crippen LogP contribution < -0.4 is 0 Å². The van der Waals surface area contributed by atoms with Crippen LogP contribution in [0.25, 0.3) is 0 Å². The Hall–Kier alpha value is -0.620. The van der Waals surface area contributed by atoms with E-state index in [0.717, 1.165) is 5.56 Å². The molecule has 2 rings (SSSR count).